The summed E-state index contributed by atoms with van der Waals surface area (Å²) in [6.07, 6.45) is 7.80. The Morgan fingerprint density at radius 1 is 0.724 bits per heavy atom. The number of unbranched alkanes of at least 4 members (excludes halogenated alkanes) is 2. The number of carboxylic acid groups (broad SMARTS) is 2. The van der Waals surface area contributed by atoms with Crippen molar-refractivity contribution in [2.24, 2.45) is 11.8 Å². The van der Waals surface area contributed by atoms with Crippen LogP contribution in [0.5, 0.6) is 0 Å². The normalized spacial score (nSPS) is 12.4. The molecule has 0 spiro atoms. The molecular formula is C20H38Na2O6S. The predicted octanol–water partition coefficient (Wildman–Crippen LogP) is -3.89. The van der Waals surface area contributed by atoms with E-state index in [1.807, 2.05) is 0 Å². The molecule has 0 heterocycles. The Bertz CT molecular complexity index is 459. The van der Waals surface area contributed by atoms with Gasteiger partial charge >= 0.3 is 59.1 Å². The Hall–Kier alpha value is 0.890. The van der Waals surface area contributed by atoms with E-state index in [-0.39, 0.29) is 59.1 Å². The Morgan fingerprint density at radius 2 is 1.03 bits per heavy atom. The Morgan fingerprint density at radius 3 is 1.24 bits per heavy atom. The van der Waals surface area contributed by atoms with Gasteiger partial charge in [-0.3, -0.25) is 0 Å². The zero-order chi connectivity index (χ0) is 21.3. The van der Waals surface area contributed by atoms with Gasteiger partial charge in [-0.1, -0.05) is 66.2 Å². The van der Waals surface area contributed by atoms with E-state index in [1.54, 1.807) is 0 Å². The smallest absolute Gasteiger partial charge is 0.550 e. The fourth-order valence-electron chi connectivity index (χ4n) is 2.79. The number of sulfone groups is 1. The van der Waals surface area contributed by atoms with Crippen LogP contribution < -0.4 is 69.3 Å². The maximum Gasteiger partial charge on any atom is 1.00 e. The minimum atomic E-state index is -2.87. The Balaban J connectivity index is -0.000000267. The van der Waals surface area contributed by atoms with Gasteiger partial charge in [-0.05, 0) is 37.5 Å². The van der Waals surface area contributed by atoms with Crippen LogP contribution in [0.1, 0.15) is 91.9 Å². The van der Waals surface area contributed by atoms with Crippen LogP contribution in [0.25, 0.3) is 0 Å². The summed E-state index contributed by atoms with van der Waals surface area (Å²) in [5.74, 6) is -1.18. The van der Waals surface area contributed by atoms with E-state index in [0.29, 0.717) is 23.3 Å². The van der Waals surface area contributed by atoms with Crippen molar-refractivity contribution in [1.82, 2.24) is 0 Å². The van der Waals surface area contributed by atoms with Crippen LogP contribution in [-0.2, 0) is 19.4 Å². The number of hydrogen-bond acceptors (Lipinski definition) is 6. The fraction of sp³-hybridized carbons (Fsp3) is 0.900. The Kier molecular flexibility index (Phi) is 30.2. The molecule has 0 rings (SSSR count). The van der Waals surface area contributed by atoms with Crippen LogP contribution >= 0.6 is 0 Å². The first-order valence-electron chi connectivity index (χ1n) is 10.2. The predicted molar refractivity (Wildman–Crippen MR) is 105 cm³/mol. The van der Waals surface area contributed by atoms with Crippen molar-refractivity contribution < 1.29 is 87.3 Å². The molecule has 0 amide bonds. The molecule has 0 radical (unpaired) electrons. The van der Waals surface area contributed by atoms with E-state index in [2.05, 4.69) is 27.7 Å². The average molecular weight is 453 g/mol. The van der Waals surface area contributed by atoms with Gasteiger partial charge in [0, 0.05) is 11.9 Å². The molecule has 9 heteroatoms. The summed E-state index contributed by atoms with van der Waals surface area (Å²) >= 11 is 0. The van der Waals surface area contributed by atoms with Gasteiger partial charge in [-0.25, -0.2) is 8.42 Å². The number of aliphatic carboxylic acids is 2. The molecule has 0 aliphatic rings. The van der Waals surface area contributed by atoms with E-state index >= 15 is 0 Å². The van der Waals surface area contributed by atoms with Crippen LogP contribution in [0.2, 0.25) is 0 Å². The largest absolute Gasteiger partial charge is 1.00 e. The fourth-order valence-corrected chi connectivity index (χ4v) is 5.16. The second kappa shape index (κ2) is 23.6. The molecular weight excluding hydrogens is 414 g/mol. The van der Waals surface area contributed by atoms with Crippen molar-refractivity contribution in [3.8, 4) is 0 Å². The summed E-state index contributed by atoms with van der Waals surface area (Å²) in [6, 6.07) is 0. The second-order valence-electron chi connectivity index (χ2n) is 7.15. The third-order valence-corrected chi connectivity index (χ3v) is 6.56. The summed E-state index contributed by atoms with van der Waals surface area (Å²) in [6.45, 7) is 8.56. The van der Waals surface area contributed by atoms with Crippen LogP contribution in [0.4, 0.5) is 0 Å². The molecule has 0 aliphatic heterocycles. The minimum Gasteiger partial charge on any atom is -0.550 e. The van der Waals surface area contributed by atoms with Crippen LogP contribution in [0.15, 0.2) is 0 Å². The number of carbonyl (C=O) groups is 2. The molecule has 0 aromatic heterocycles. The maximum absolute atomic E-state index is 12.3. The first kappa shape index (κ1) is 37.2. The molecule has 0 saturated heterocycles. The third kappa shape index (κ3) is 26.9. The van der Waals surface area contributed by atoms with E-state index in [9.17, 15) is 28.2 Å². The van der Waals surface area contributed by atoms with Crippen molar-refractivity contribution in [3.63, 3.8) is 0 Å². The van der Waals surface area contributed by atoms with Gasteiger partial charge in [-0.2, -0.15) is 0 Å². The van der Waals surface area contributed by atoms with E-state index in [4.69, 9.17) is 0 Å². The minimum absolute atomic E-state index is 0. The molecule has 6 nitrogen and oxygen atoms in total. The summed E-state index contributed by atoms with van der Waals surface area (Å²) in [5.41, 5.74) is 0. The first-order chi connectivity index (χ1) is 12.6. The molecule has 29 heavy (non-hydrogen) atoms. The number of carbonyl (C=O) groups excluding carboxylic acids is 2. The van der Waals surface area contributed by atoms with Gasteiger partial charge in [-0.15, -0.1) is 0 Å². The molecule has 0 saturated carbocycles. The maximum atomic E-state index is 12.3. The van der Waals surface area contributed by atoms with Crippen LogP contribution in [-0.4, -0.2) is 31.9 Å². The number of rotatable bonds is 15. The van der Waals surface area contributed by atoms with E-state index in [0.717, 1.165) is 51.4 Å². The molecule has 2 unspecified atom stereocenters. The molecule has 0 bridgehead atoms. The summed E-state index contributed by atoms with van der Waals surface area (Å²) < 4.78 is 24.6. The Labute approximate surface area is 222 Å². The van der Waals surface area contributed by atoms with Gasteiger partial charge in [0.15, 0.2) is 9.84 Å². The molecule has 0 fully saturated rings. The van der Waals surface area contributed by atoms with Crippen molar-refractivity contribution in [3.05, 3.63) is 0 Å². The molecule has 0 aromatic rings. The molecule has 162 valence electrons. The zero-order valence-electron chi connectivity index (χ0n) is 19.5. The monoisotopic (exact) mass is 452 g/mol. The van der Waals surface area contributed by atoms with Gasteiger partial charge in [0.2, 0.25) is 0 Å². The third-order valence-electron chi connectivity index (χ3n) is 4.60. The van der Waals surface area contributed by atoms with Crippen LogP contribution in [0, 0.1) is 11.8 Å². The first-order valence-corrected chi connectivity index (χ1v) is 12.0. The zero-order valence-corrected chi connectivity index (χ0v) is 24.3. The molecule has 0 aromatic carbocycles. The van der Waals surface area contributed by atoms with Crippen molar-refractivity contribution in [2.75, 3.05) is 11.5 Å². The topological polar surface area (TPSA) is 114 Å². The summed E-state index contributed by atoms with van der Waals surface area (Å²) in [5, 5.41) is 19.0. The van der Waals surface area contributed by atoms with Crippen molar-refractivity contribution >= 4 is 21.8 Å². The summed E-state index contributed by atoms with van der Waals surface area (Å²) in [7, 11) is -2.87. The van der Waals surface area contributed by atoms with Gasteiger partial charge in [0.05, 0.1) is 11.5 Å². The van der Waals surface area contributed by atoms with Gasteiger partial charge in [0.25, 0.3) is 0 Å². The molecule has 0 N–H and O–H groups in total. The van der Waals surface area contributed by atoms with Crippen molar-refractivity contribution in [2.45, 2.75) is 91.9 Å². The standard InChI is InChI=1S/C16H34O2S.C4H6O4.2Na/c1-5-9-11-15(7-3)13-19(17,18)14-16(8-4)12-10-6-2;5-3(6)1-2-4(7)8;;/h15-16H,5-14H2,1-4H3;1-2H2,(H,5,6)(H,7,8);;/q;;2*+1/p-2. The van der Waals surface area contributed by atoms with Crippen molar-refractivity contribution in [1.29, 1.82) is 0 Å². The van der Waals surface area contributed by atoms with Gasteiger partial charge < -0.3 is 19.8 Å². The quantitative estimate of drug-likeness (QED) is 0.235. The van der Waals surface area contributed by atoms with Gasteiger partial charge in [0.1, 0.15) is 0 Å². The SMILES string of the molecule is CCCCC(CC)CS(=O)(=O)CC(CC)CCCC.O=C([O-])CCC(=O)[O-].[Na+].[Na+]. The average Bonchev–Trinajstić information content (AvgIpc) is 2.60. The van der Waals surface area contributed by atoms with Crippen LogP contribution in [0.3, 0.4) is 0 Å². The van der Waals surface area contributed by atoms with E-state index < -0.39 is 34.6 Å². The second-order valence-corrected chi connectivity index (χ2v) is 9.31. The molecule has 0 aliphatic carbocycles. The summed E-state index contributed by atoms with van der Waals surface area (Å²) in [4.78, 5) is 19.0. The molecule has 2 atom stereocenters. The number of hydrogen-bond donors (Lipinski definition) is 0. The van der Waals surface area contributed by atoms with E-state index in [1.165, 1.54) is 0 Å². The number of carboxylic acids is 2.